The summed E-state index contributed by atoms with van der Waals surface area (Å²) in [5.74, 6) is 0.0278. The standard InChI is InChI=1S/C22H12F2N6S/c23-15-9-12(11-2-1-6-25-10-11)8-14-18(15)29-30-20(14)22-27-19-13(5-7-26-21(19)28-22)16-3-4-17(24)31-16/h1-10H,(H,29,30)(H,26,27,28). The van der Waals surface area contributed by atoms with E-state index in [9.17, 15) is 8.78 Å². The van der Waals surface area contributed by atoms with Gasteiger partial charge >= 0.3 is 0 Å². The van der Waals surface area contributed by atoms with E-state index in [2.05, 4.69) is 30.1 Å². The zero-order valence-corrected chi connectivity index (χ0v) is 16.5. The van der Waals surface area contributed by atoms with Crippen molar-refractivity contribution < 1.29 is 8.78 Å². The zero-order valence-electron chi connectivity index (χ0n) is 15.7. The molecular weight excluding hydrogens is 418 g/mol. The number of fused-ring (bicyclic) bond motifs is 2. The summed E-state index contributed by atoms with van der Waals surface area (Å²) in [6.45, 7) is 0. The Morgan fingerprint density at radius 1 is 0.968 bits per heavy atom. The number of halogens is 2. The number of nitrogens with zero attached hydrogens (tertiary/aromatic N) is 4. The van der Waals surface area contributed by atoms with Gasteiger partial charge in [-0.2, -0.15) is 9.49 Å². The Morgan fingerprint density at radius 3 is 2.71 bits per heavy atom. The van der Waals surface area contributed by atoms with E-state index in [1.165, 1.54) is 12.1 Å². The molecule has 0 saturated carbocycles. The SMILES string of the molecule is Fc1ccc(-c2ccnc3nc(-c4[nH]nc5c(F)cc(-c6cccnc6)cc45)[nH]c23)s1. The van der Waals surface area contributed by atoms with Gasteiger partial charge in [0.15, 0.2) is 22.4 Å². The maximum Gasteiger partial charge on any atom is 0.178 e. The molecule has 9 heteroatoms. The summed E-state index contributed by atoms with van der Waals surface area (Å²) in [7, 11) is 0. The number of aromatic amines is 2. The molecule has 5 aromatic heterocycles. The van der Waals surface area contributed by atoms with Gasteiger partial charge in [-0.1, -0.05) is 6.07 Å². The van der Waals surface area contributed by atoms with Crippen LogP contribution in [0.4, 0.5) is 8.78 Å². The van der Waals surface area contributed by atoms with E-state index in [0.29, 0.717) is 33.6 Å². The maximum absolute atomic E-state index is 14.8. The molecule has 0 amide bonds. The number of benzene rings is 1. The van der Waals surface area contributed by atoms with E-state index in [1.54, 1.807) is 36.8 Å². The van der Waals surface area contributed by atoms with Crippen LogP contribution in [0.2, 0.25) is 0 Å². The molecule has 0 aliphatic heterocycles. The molecule has 5 heterocycles. The van der Waals surface area contributed by atoms with Crippen molar-refractivity contribution in [1.29, 1.82) is 0 Å². The number of hydrogen-bond donors (Lipinski definition) is 2. The van der Waals surface area contributed by atoms with Crippen molar-refractivity contribution in [2.24, 2.45) is 0 Å². The van der Waals surface area contributed by atoms with Crippen LogP contribution in [0.25, 0.3) is 55.2 Å². The topological polar surface area (TPSA) is 83.1 Å². The number of aromatic nitrogens is 6. The van der Waals surface area contributed by atoms with Crippen molar-refractivity contribution in [3.8, 4) is 33.1 Å². The molecule has 0 bridgehead atoms. The number of H-pyrrole nitrogens is 2. The van der Waals surface area contributed by atoms with Crippen molar-refractivity contribution in [1.82, 2.24) is 30.1 Å². The number of imidazole rings is 1. The minimum atomic E-state index is -0.442. The van der Waals surface area contributed by atoms with Gasteiger partial charge in [-0.25, -0.2) is 14.4 Å². The molecule has 0 radical (unpaired) electrons. The molecule has 0 spiro atoms. The first-order valence-corrected chi connectivity index (χ1v) is 10.2. The molecule has 6 rings (SSSR count). The van der Waals surface area contributed by atoms with Crippen LogP contribution in [0.1, 0.15) is 0 Å². The summed E-state index contributed by atoms with van der Waals surface area (Å²) >= 11 is 1.05. The Kier molecular flexibility index (Phi) is 3.90. The number of nitrogens with one attached hydrogen (secondary N) is 2. The highest BCUT2D eigenvalue weighted by atomic mass is 32.1. The number of pyridine rings is 2. The lowest BCUT2D eigenvalue weighted by Crippen LogP contribution is -1.85. The van der Waals surface area contributed by atoms with Gasteiger partial charge in [0, 0.05) is 40.0 Å². The predicted octanol–water partition coefficient (Wildman–Crippen LogP) is 5.57. The lowest BCUT2D eigenvalue weighted by Gasteiger charge is -2.02. The molecule has 31 heavy (non-hydrogen) atoms. The largest absolute Gasteiger partial charge is 0.335 e. The zero-order chi connectivity index (χ0) is 20.9. The van der Waals surface area contributed by atoms with Gasteiger partial charge in [0.25, 0.3) is 0 Å². The summed E-state index contributed by atoms with van der Waals surface area (Å²) in [4.78, 5) is 17.0. The van der Waals surface area contributed by atoms with Crippen molar-refractivity contribution in [3.63, 3.8) is 0 Å². The number of hydrogen-bond acceptors (Lipinski definition) is 5. The van der Waals surface area contributed by atoms with Crippen molar-refractivity contribution in [3.05, 3.63) is 72.0 Å². The first-order chi connectivity index (χ1) is 15.2. The molecule has 150 valence electrons. The number of rotatable bonds is 3. The highest BCUT2D eigenvalue weighted by Crippen LogP contribution is 2.35. The van der Waals surface area contributed by atoms with Gasteiger partial charge in [0.2, 0.25) is 0 Å². The first-order valence-electron chi connectivity index (χ1n) is 9.36. The summed E-state index contributed by atoms with van der Waals surface area (Å²) in [6, 6.07) is 11.9. The quantitative estimate of drug-likeness (QED) is 0.385. The second kappa shape index (κ2) is 6.78. The molecule has 0 aliphatic carbocycles. The van der Waals surface area contributed by atoms with Gasteiger partial charge in [-0.3, -0.25) is 10.1 Å². The van der Waals surface area contributed by atoms with Crippen molar-refractivity contribution in [2.75, 3.05) is 0 Å². The monoisotopic (exact) mass is 430 g/mol. The Morgan fingerprint density at radius 2 is 1.90 bits per heavy atom. The van der Waals surface area contributed by atoms with E-state index < -0.39 is 5.82 Å². The minimum absolute atomic E-state index is 0.219. The average molecular weight is 430 g/mol. The predicted molar refractivity (Wildman–Crippen MR) is 115 cm³/mol. The van der Waals surface area contributed by atoms with Gasteiger partial charge < -0.3 is 4.98 Å². The van der Waals surface area contributed by atoms with Crippen LogP contribution < -0.4 is 0 Å². The van der Waals surface area contributed by atoms with E-state index in [-0.39, 0.29) is 10.6 Å². The molecule has 2 N–H and O–H groups in total. The van der Waals surface area contributed by atoms with E-state index in [4.69, 9.17) is 0 Å². The van der Waals surface area contributed by atoms with Crippen LogP contribution in [0.3, 0.4) is 0 Å². The molecule has 0 aliphatic rings. The van der Waals surface area contributed by atoms with Crippen LogP contribution in [-0.2, 0) is 0 Å². The fourth-order valence-electron chi connectivity index (χ4n) is 3.65. The average Bonchev–Trinajstić information content (AvgIpc) is 3.51. The van der Waals surface area contributed by atoms with Crippen LogP contribution in [-0.4, -0.2) is 30.1 Å². The lowest BCUT2D eigenvalue weighted by molar-refractivity contribution is 0.636. The molecule has 0 saturated heterocycles. The third-order valence-corrected chi connectivity index (χ3v) is 5.98. The van der Waals surface area contributed by atoms with E-state index in [0.717, 1.165) is 27.3 Å². The van der Waals surface area contributed by atoms with Gasteiger partial charge in [0.05, 0.1) is 5.52 Å². The Labute approximate surface area is 177 Å². The Hall–Kier alpha value is -3.98. The summed E-state index contributed by atoms with van der Waals surface area (Å²) in [5, 5.41) is 7.35. The normalized spacial score (nSPS) is 11.5. The smallest absolute Gasteiger partial charge is 0.178 e. The molecule has 0 fully saturated rings. The molecular formula is C22H12F2N6S. The Bertz CT molecular complexity index is 1570. The second-order valence-electron chi connectivity index (χ2n) is 6.94. The van der Waals surface area contributed by atoms with Gasteiger partial charge in [-0.15, -0.1) is 11.3 Å². The van der Waals surface area contributed by atoms with E-state index >= 15 is 0 Å². The summed E-state index contributed by atoms with van der Waals surface area (Å²) in [6.07, 6.45) is 4.98. The molecule has 6 nitrogen and oxygen atoms in total. The Balaban J connectivity index is 1.55. The summed E-state index contributed by atoms with van der Waals surface area (Å²) in [5.41, 5.74) is 4.19. The third-order valence-electron chi connectivity index (χ3n) is 5.07. The van der Waals surface area contributed by atoms with Gasteiger partial charge in [-0.05, 0) is 42.0 Å². The fraction of sp³-hybridized carbons (Fsp3) is 0. The number of thiophene rings is 1. The van der Waals surface area contributed by atoms with E-state index in [1.807, 2.05) is 12.1 Å². The first kappa shape index (κ1) is 17.8. The minimum Gasteiger partial charge on any atom is -0.335 e. The van der Waals surface area contributed by atoms with Crippen molar-refractivity contribution >= 4 is 33.4 Å². The highest BCUT2D eigenvalue weighted by Gasteiger charge is 2.18. The summed E-state index contributed by atoms with van der Waals surface area (Å²) < 4.78 is 28.3. The van der Waals surface area contributed by atoms with Crippen LogP contribution in [0, 0.1) is 10.9 Å². The third kappa shape index (κ3) is 2.89. The fourth-order valence-corrected chi connectivity index (χ4v) is 4.41. The molecule has 6 aromatic rings. The molecule has 1 aromatic carbocycles. The highest BCUT2D eigenvalue weighted by molar-refractivity contribution is 7.14. The molecule has 0 atom stereocenters. The maximum atomic E-state index is 14.8. The molecule has 0 unspecified atom stereocenters. The van der Waals surface area contributed by atoms with Crippen LogP contribution >= 0.6 is 11.3 Å². The van der Waals surface area contributed by atoms with Gasteiger partial charge in [0.1, 0.15) is 11.2 Å². The second-order valence-corrected chi connectivity index (χ2v) is 7.97. The van der Waals surface area contributed by atoms with Crippen LogP contribution in [0.15, 0.2) is 61.1 Å². The lowest BCUT2D eigenvalue weighted by atomic mass is 10.0. The van der Waals surface area contributed by atoms with Crippen LogP contribution in [0.5, 0.6) is 0 Å². The van der Waals surface area contributed by atoms with Crippen molar-refractivity contribution in [2.45, 2.75) is 0 Å².